The van der Waals surface area contributed by atoms with E-state index >= 15 is 0 Å². The Labute approximate surface area is 165 Å². The first-order valence-corrected chi connectivity index (χ1v) is 9.55. The van der Waals surface area contributed by atoms with E-state index in [0.717, 1.165) is 15.6 Å². The normalized spacial score (nSPS) is 24.6. The average Bonchev–Trinajstić information content (AvgIpc) is 3.11. The van der Waals surface area contributed by atoms with Crippen LogP contribution in [-0.2, 0) is 0 Å². The summed E-state index contributed by atoms with van der Waals surface area (Å²) in [5, 5.41) is 15.6. The summed E-state index contributed by atoms with van der Waals surface area (Å²) in [4.78, 5) is 16.4. The van der Waals surface area contributed by atoms with Crippen LogP contribution in [0.1, 0.15) is 34.8 Å². The highest BCUT2D eigenvalue weighted by molar-refractivity contribution is 9.10. The van der Waals surface area contributed by atoms with E-state index in [1.807, 2.05) is 72.8 Å². The van der Waals surface area contributed by atoms with Crippen molar-refractivity contribution in [2.24, 2.45) is 0 Å². The van der Waals surface area contributed by atoms with Gasteiger partial charge in [0.15, 0.2) is 0 Å². The molecule has 0 aliphatic carbocycles. The number of benzene rings is 2. The van der Waals surface area contributed by atoms with Gasteiger partial charge in [0.05, 0.1) is 11.6 Å². The van der Waals surface area contributed by atoms with Gasteiger partial charge in [0.1, 0.15) is 6.04 Å². The summed E-state index contributed by atoms with van der Waals surface area (Å²) in [5.74, 6) is -0.297. The Morgan fingerprint density at radius 3 is 2.22 bits per heavy atom. The number of pyridine rings is 1. The van der Waals surface area contributed by atoms with Crippen molar-refractivity contribution in [3.8, 4) is 0 Å². The van der Waals surface area contributed by atoms with Gasteiger partial charge in [-0.15, -0.1) is 0 Å². The van der Waals surface area contributed by atoms with Crippen molar-refractivity contribution < 1.29 is 4.92 Å². The van der Waals surface area contributed by atoms with E-state index in [4.69, 9.17) is 0 Å². The molecule has 6 heteroatoms. The summed E-state index contributed by atoms with van der Waals surface area (Å²) < 4.78 is 0.979. The molecular formula is C21H18BrN3O2. The van der Waals surface area contributed by atoms with Crippen LogP contribution in [-0.4, -0.2) is 15.9 Å². The van der Waals surface area contributed by atoms with Crippen LogP contribution >= 0.6 is 15.9 Å². The molecule has 2 aromatic carbocycles. The Hall–Kier alpha value is -2.57. The van der Waals surface area contributed by atoms with Crippen molar-refractivity contribution in [3.63, 3.8) is 0 Å². The van der Waals surface area contributed by atoms with E-state index < -0.39 is 12.1 Å². The van der Waals surface area contributed by atoms with Crippen LogP contribution in [0.15, 0.2) is 83.5 Å². The molecule has 1 aromatic heterocycles. The summed E-state index contributed by atoms with van der Waals surface area (Å²) in [6.45, 7) is 0. The highest BCUT2D eigenvalue weighted by Crippen LogP contribution is 2.46. The topological polar surface area (TPSA) is 68.1 Å². The highest BCUT2D eigenvalue weighted by Gasteiger charge is 2.52. The minimum Gasteiger partial charge on any atom is -0.295 e. The number of hydrogen-bond acceptors (Lipinski definition) is 4. The first-order chi connectivity index (χ1) is 13.1. The molecule has 1 saturated heterocycles. The molecule has 1 N–H and O–H groups in total. The van der Waals surface area contributed by atoms with Crippen LogP contribution in [0.5, 0.6) is 0 Å². The van der Waals surface area contributed by atoms with E-state index in [1.54, 1.807) is 6.20 Å². The Balaban J connectivity index is 1.83. The lowest BCUT2D eigenvalue weighted by Gasteiger charge is -2.21. The van der Waals surface area contributed by atoms with Gasteiger partial charge in [0, 0.05) is 21.6 Å². The molecule has 27 heavy (non-hydrogen) atoms. The second kappa shape index (κ2) is 7.58. The zero-order valence-electron chi connectivity index (χ0n) is 14.4. The molecule has 3 aromatic rings. The first kappa shape index (κ1) is 17.8. The Kier molecular flexibility index (Phi) is 5.01. The van der Waals surface area contributed by atoms with Crippen LogP contribution in [0.4, 0.5) is 0 Å². The van der Waals surface area contributed by atoms with Gasteiger partial charge < -0.3 is 0 Å². The van der Waals surface area contributed by atoms with E-state index in [-0.39, 0.29) is 16.9 Å². The van der Waals surface area contributed by atoms with Crippen molar-refractivity contribution in [2.75, 3.05) is 0 Å². The van der Waals surface area contributed by atoms with Gasteiger partial charge in [-0.1, -0.05) is 64.5 Å². The van der Waals surface area contributed by atoms with Gasteiger partial charge in [-0.3, -0.25) is 20.4 Å². The van der Waals surface area contributed by atoms with Gasteiger partial charge in [-0.2, -0.15) is 0 Å². The maximum absolute atomic E-state index is 12.1. The summed E-state index contributed by atoms with van der Waals surface area (Å²) in [6, 6.07) is 21.8. The molecule has 5 nitrogen and oxygen atoms in total. The third-order valence-corrected chi connectivity index (χ3v) is 5.62. The van der Waals surface area contributed by atoms with Gasteiger partial charge in [0.2, 0.25) is 6.04 Å². The lowest BCUT2D eigenvalue weighted by molar-refractivity contribution is -0.527. The molecule has 0 radical (unpaired) electrons. The number of halogens is 1. The zero-order chi connectivity index (χ0) is 18.8. The summed E-state index contributed by atoms with van der Waals surface area (Å²) in [6.07, 6.45) is 1.68. The molecule has 1 aliphatic rings. The van der Waals surface area contributed by atoms with Crippen molar-refractivity contribution in [2.45, 2.75) is 24.0 Å². The maximum Gasteiger partial charge on any atom is 0.242 e. The fourth-order valence-corrected chi connectivity index (χ4v) is 4.18. The summed E-state index contributed by atoms with van der Waals surface area (Å²) in [7, 11) is 0. The minimum atomic E-state index is -0.809. The maximum atomic E-state index is 12.1. The predicted molar refractivity (Wildman–Crippen MR) is 107 cm³/mol. The van der Waals surface area contributed by atoms with Gasteiger partial charge >= 0.3 is 0 Å². The van der Waals surface area contributed by atoms with Gasteiger partial charge in [-0.25, -0.2) is 0 Å². The zero-order valence-corrected chi connectivity index (χ0v) is 16.0. The molecule has 0 bridgehead atoms. The number of nitrogens with zero attached hydrogens (tertiary/aromatic N) is 2. The van der Waals surface area contributed by atoms with Crippen molar-refractivity contribution in [1.29, 1.82) is 0 Å². The average molecular weight is 424 g/mol. The minimum absolute atomic E-state index is 0.164. The Morgan fingerprint density at radius 1 is 0.889 bits per heavy atom. The first-order valence-electron chi connectivity index (χ1n) is 8.76. The fraction of sp³-hybridized carbons (Fsp3) is 0.190. The molecule has 1 aliphatic heterocycles. The van der Waals surface area contributed by atoms with E-state index in [0.29, 0.717) is 5.69 Å². The third kappa shape index (κ3) is 3.50. The molecule has 0 spiro atoms. The van der Waals surface area contributed by atoms with Gasteiger partial charge in [-0.05, 0) is 35.4 Å². The molecule has 4 rings (SSSR count). The molecule has 2 heterocycles. The summed E-state index contributed by atoms with van der Waals surface area (Å²) >= 11 is 3.46. The van der Waals surface area contributed by atoms with Crippen LogP contribution in [0, 0.1) is 10.1 Å². The lowest BCUT2D eigenvalue weighted by Crippen LogP contribution is -2.31. The smallest absolute Gasteiger partial charge is 0.242 e. The molecular weight excluding hydrogens is 406 g/mol. The number of nitro groups is 1. The van der Waals surface area contributed by atoms with Crippen LogP contribution < -0.4 is 5.32 Å². The number of nitrogens with one attached hydrogen (secondary N) is 1. The Morgan fingerprint density at radius 2 is 1.59 bits per heavy atom. The second-order valence-electron chi connectivity index (χ2n) is 6.64. The van der Waals surface area contributed by atoms with Crippen LogP contribution in [0.3, 0.4) is 0 Å². The molecule has 0 unspecified atom stereocenters. The van der Waals surface area contributed by atoms with Crippen molar-refractivity contribution >= 4 is 15.9 Å². The van der Waals surface area contributed by atoms with Crippen LogP contribution in [0.2, 0.25) is 0 Å². The van der Waals surface area contributed by atoms with Crippen molar-refractivity contribution in [1.82, 2.24) is 10.3 Å². The quantitative estimate of drug-likeness (QED) is 0.489. The van der Waals surface area contributed by atoms with E-state index in [2.05, 4.69) is 26.2 Å². The molecule has 1 fully saturated rings. The molecule has 136 valence electrons. The monoisotopic (exact) mass is 423 g/mol. The van der Waals surface area contributed by atoms with Gasteiger partial charge in [0.25, 0.3) is 0 Å². The molecule has 0 saturated carbocycles. The highest BCUT2D eigenvalue weighted by atomic mass is 79.9. The predicted octanol–water partition coefficient (Wildman–Crippen LogP) is 4.66. The number of rotatable bonds is 4. The summed E-state index contributed by atoms with van der Waals surface area (Å²) in [5.41, 5.74) is 2.68. The van der Waals surface area contributed by atoms with E-state index in [9.17, 15) is 10.1 Å². The lowest BCUT2D eigenvalue weighted by atomic mass is 9.83. The number of aromatic nitrogens is 1. The largest absolute Gasteiger partial charge is 0.295 e. The SMILES string of the molecule is O=[N+]([O-])[C@H]1[C@H](c2ccccc2)[C@@H](c2ccc(Br)cc2)N[C@H]1c1ccccn1. The fourth-order valence-electron chi connectivity index (χ4n) is 3.91. The Bertz CT molecular complexity index is 919. The standard InChI is InChI=1S/C21H18BrN3O2/c22-16-11-9-15(10-12-16)19-18(14-6-2-1-3-7-14)21(25(26)27)20(24-19)17-8-4-5-13-23-17/h1-13,18-21,24H/t18-,19-,20+,21+/m1/s1. The molecule has 0 amide bonds. The second-order valence-corrected chi connectivity index (χ2v) is 7.56. The van der Waals surface area contributed by atoms with Crippen molar-refractivity contribution in [3.05, 3.63) is 110 Å². The molecule has 4 atom stereocenters. The van der Waals surface area contributed by atoms with E-state index in [1.165, 1.54) is 0 Å². The van der Waals surface area contributed by atoms with Crippen LogP contribution in [0.25, 0.3) is 0 Å². The third-order valence-electron chi connectivity index (χ3n) is 5.09. The number of hydrogen-bond donors (Lipinski definition) is 1.